The lowest BCUT2D eigenvalue weighted by atomic mass is 10.1. The lowest BCUT2D eigenvalue weighted by Crippen LogP contribution is -1.95. The minimum atomic E-state index is 0.618. The summed E-state index contributed by atoms with van der Waals surface area (Å²) in [6, 6.07) is 13.6. The predicted molar refractivity (Wildman–Crippen MR) is 79.9 cm³/mol. The molecule has 0 amide bonds. The first-order valence-electron chi connectivity index (χ1n) is 5.75. The first kappa shape index (κ1) is 13.4. The van der Waals surface area contributed by atoms with Gasteiger partial charge in [-0.2, -0.15) is 5.26 Å². The van der Waals surface area contributed by atoms with Gasteiger partial charge in [-0.25, -0.2) is 0 Å². The number of aryl methyl sites for hydroxylation is 1. The Morgan fingerprint density at radius 1 is 1.21 bits per heavy atom. The molecule has 3 nitrogen and oxygen atoms in total. The highest BCUT2D eigenvalue weighted by molar-refractivity contribution is 9.10. The van der Waals surface area contributed by atoms with E-state index in [1.54, 1.807) is 7.11 Å². The third-order valence-corrected chi connectivity index (χ3v) is 3.38. The molecule has 0 saturated carbocycles. The SMILES string of the molecule is COc1cc(Nc2cc(C)ccc2C#N)ccc1Br. The Morgan fingerprint density at radius 2 is 2.00 bits per heavy atom. The molecule has 2 aromatic rings. The fraction of sp³-hybridized carbons (Fsp3) is 0.133. The van der Waals surface area contributed by atoms with E-state index in [-0.39, 0.29) is 0 Å². The van der Waals surface area contributed by atoms with Crippen molar-refractivity contribution in [1.29, 1.82) is 5.26 Å². The maximum absolute atomic E-state index is 9.11. The van der Waals surface area contributed by atoms with E-state index in [1.165, 1.54) is 0 Å². The van der Waals surface area contributed by atoms with E-state index >= 15 is 0 Å². The van der Waals surface area contributed by atoms with Crippen LogP contribution in [0.5, 0.6) is 5.75 Å². The number of nitriles is 1. The highest BCUT2D eigenvalue weighted by Gasteiger charge is 2.05. The van der Waals surface area contributed by atoms with Crippen LogP contribution >= 0.6 is 15.9 Å². The van der Waals surface area contributed by atoms with E-state index in [2.05, 4.69) is 27.3 Å². The smallest absolute Gasteiger partial charge is 0.135 e. The van der Waals surface area contributed by atoms with Crippen LogP contribution in [0.15, 0.2) is 40.9 Å². The Balaban J connectivity index is 2.36. The van der Waals surface area contributed by atoms with Crippen molar-refractivity contribution in [3.8, 4) is 11.8 Å². The van der Waals surface area contributed by atoms with Gasteiger partial charge in [0.1, 0.15) is 11.8 Å². The van der Waals surface area contributed by atoms with E-state index in [0.717, 1.165) is 27.2 Å². The van der Waals surface area contributed by atoms with Gasteiger partial charge in [0.2, 0.25) is 0 Å². The van der Waals surface area contributed by atoms with Gasteiger partial charge >= 0.3 is 0 Å². The van der Waals surface area contributed by atoms with Gasteiger partial charge in [-0.3, -0.25) is 0 Å². The number of rotatable bonds is 3. The van der Waals surface area contributed by atoms with Crippen molar-refractivity contribution in [3.05, 3.63) is 52.0 Å². The Bertz CT molecular complexity index is 647. The normalized spacial score (nSPS) is 9.79. The Labute approximate surface area is 121 Å². The molecule has 0 unspecified atom stereocenters. The summed E-state index contributed by atoms with van der Waals surface area (Å²) in [4.78, 5) is 0. The lowest BCUT2D eigenvalue weighted by molar-refractivity contribution is 0.412. The van der Waals surface area contributed by atoms with E-state index in [4.69, 9.17) is 10.00 Å². The van der Waals surface area contributed by atoms with Gasteiger partial charge in [0.25, 0.3) is 0 Å². The number of methoxy groups -OCH3 is 1. The van der Waals surface area contributed by atoms with Crippen LogP contribution in [-0.4, -0.2) is 7.11 Å². The summed E-state index contributed by atoms with van der Waals surface area (Å²) in [5, 5.41) is 12.4. The molecular weight excluding hydrogens is 304 g/mol. The summed E-state index contributed by atoms with van der Waals surface area (Å²) >= 11 is 3.41. The third kappa shape index (κ3) is 3.07. The zero-order valence-corrected chi connectivity index (χ0v) is 12.3. The van der Waals surface area contributed by atoms with Gasteiger partial charge in [0, 0.05) is 11.8 Å². The zero-order chi connectivity index (χ0) is 13.8. The minimum Gasteiger partial charge on any atom is -0.495 e. The number of hydrogen-bond acceptors (Lipinski definition) is 3. The fourth-order valence-corrected chi connectivity index (χ4v) is 2.16. The van der Waals surface area contributed by atoms with Gasteiger partial charge in [-0.05, 0) is 52.7 Å². The van der Waals surface area contributed by atoms with Crippen molar-refractivity contribution in [1.82, 2.24) is 0 Å². The largest absolute Gasteiger partial charge is 0.495 e. The van der Waals surface area contributed by atoms with Crippen molar-refractivity contribution >= 4 is 27.3 Å². The molecule has 1 N–H and O–H groups in total. The van der Waals surface area contributed by atoms with Crippen molar-refractivity contribution in [2.45, 2.75) is 6.92 Å². The molecule has 0 aliphatic heterocycles. The van der Waals surface area contributed by atoms with E-state index in [1.807, 2.05) is 43.3 Å². The van der Waals surface area contributed by atoms with Crippen LogP contribution < -0.4 is 10.1 Å². The summed E-state index contributed by atoms with van der Waals surface area (Å²) in [5.74, 6) is 0.746. The van der Waals surface area contributed by atoms with Crippen molar-refractivity contribution in [2.75, 3.05) is 12.4 Å². The molecule has 0 fully saturated rings. The number of halogens is 1. The van der Waals surface area contributed by atoms with E-state index in [0.29, 0.717) is 5.56 Å². The molecule has 0 bridgehead atoms. The van der Waals surface area contributed by atoms with Crippen molar-refractivity contribution < 1.29 is 4.74 Å². The second kappa shape index (κ2) is 5.77. The summed E-state index contributed by atoms with van der Waals surface area (Å²) < 4.78 is 6.15. The molecule has 0 atom stereocenters. The standard InChI is InChI=1S/C15H13BrN2O/c1-10-3-4-11(9-17)14(7-10)18-12-5-6-13(16)15(8-12)19-2/h3-8,18H,1-2H3. The molecule has 0 saturated heterocycles. The average molecular weight is 317 g/mol. The maximum atomic E-state index is 9.11. The molecule has 0 aliphatic rings. The summed E-state index contributed by atoms with van der Waals surface area (Å²) in [6.45, 7) is 1.99. The molecule has 0 aliphatic carbocycles. The number of hydrogen-bond donors (Lipinski definition) is 1. The van der Waals surface area contributed by atoms with Crippen molar-refractivity contribution in [2.24, 2.45) is 0 Å². The van der Waals surface area contributed by atoms with Crippen LogP contribution in [0.4, 0.5) is 11.4 Å². The Hall–Kier alpha value is -1.99. The number of anilines is 2. The molecule has 2 rings (SSSR count). The molecule has 2 aromatic carbocycles. The topological polar surface area (TPSA) is 45.0 Å². The highest BCUT2D eigenvalue weighted by atomic mass is 79.9. The second-order valence-corrected chi connectivity index (χ2v) is 4.99. The van der Waals surface area contributed by atoms with E-state index < -0.39 is 0 Å². The summed E-state index contributed by atoms with van der Waals surface area (Å²) in [5.41, 5.74) is 3.40. The zero-order valence-electron chi connectivity index (χ0n) is 10.7. The molecule has 96 valence electrons. The molecule has 0 heterocycles. The number of benzene rings is 2. The van der Waals surface area contributed by atoms with Crippen molar-refractivity contribution in [3.63, 3.8) is 0 Å². The number of nitrogens with zero attached hydrogens (tertiary/aromatic N) is 1. The number of ether oxygens (including phenoxy) is 1. The second-order valence-electron chi connectivity index (χ2n) is 4.14. The molecule has 4 heteroatoms. The molecule has 0 aromatic heterocycles. The van der Waals surface area contributed by atoms with Gasteiger partial charge in [-0.1, -0.05) is 6.07 Å². The summed E-state index contributed by atoms with van der Waals surface area (Å²) in [6.07, 6.45) is 0. The molecular formula is C15H13BrN2O. The highest BCUT2D eigenvalue weighted by Crippen LogP contribution is 2.30. The lowest BCUT2D eigenvalue weighted by Gasteiger charge is -2.11. The Morgan fingerprint density at radius 3 is 2.68 bits per heavy atom. The van der Waals surface area contributed by atoms with Gasteiger partial charge in [-0.15, -0.1) is 0 Å². The summed E-state index contributed by atoms with van der Waals surface area (Å²) in [7, 11) is 1.62. The first-order chi connectivity index (χ1) is 9.13. The van der Waals surface area contributed by atoms with Gasteiger partial charge in [0.15, 0.2) is 0 Å². The fourth-order valence-electron chi connectivity index (χ4n) is 1.75. The maximum Gasteiger partial charge on any atom is 0.135 e. The molecule has 19 heavy (non-hydrogen) atoms. The van der Waals surface area contributed by atoms with Crippen LogP contribution in [0.1, 0.15) is 11.1 Å². The monoisotopic (exact) mass is 316 g/mol. The third-order valence-electron chi connectivity index (χ3n) is 2.73. The van der Waals surface area contributed by atoms with Crippen LogP contribution in [0, 0.1) is 18.3 Å². The van der Waals surface area contributed by atoms with E-state index in [9.17, 15) is 0 Å². The Kier molecular flexibility index (Phi) is 4.08. The molecule has 0 radical (unpaired) electrons. The van der Waals surface area contributed by atoms with Gasteiger partial charge in [0.05, 0.1) is 22.8 Å². The quantitative estimate of drug-likeness (QED) is 0.913. The first-order valence-corrected chi connectivity index (χ1v) is 6.54. The van der Waals surface area contributed by atoms with Gasteiger partial charge < -0.3 is 10.1 Å². The molecule has 0 spiro atoms. The van der Waals surface area contributed by atoms with Crippen LogP contribution in [0.2, 0.25) is 0 Å². The number of nitrogens with one attached hydrogen (secondary N) is 1. The van der Waals surface area contributed by atoms with Crippen LogP contribution in [-0.2, 0) is 0 Å². The minimum absolute atomic E-state index is 0.618. The van der Waals surface area contributed by atoms with Crippen LogP contribution in [0.3, 0.4) is 0 Å². The average Bonchev–Trinajstić information content (AvgIpc) is 2.41. The predicted octanol–water partition coefficient (Wildman–Crippen LogP) is 4.38. The van der Waals surface area contributed by atoms with Crippen LogP contribution in [0.25, 0.3) is 0 Å².